The molecule has 5 N–H and O–H groups in total. The van der Waals surface area contributed by atoms with Gasteiger partial charge in [0.1, 0.15) is 17.3 Å². The Balaban J connectivity index is 0.00000520. The maximum Gasteiger partial charge on any atom is 0.307 e. The molecule has 0 aliphatic heterocycles. The van der Waals surface area contributed by atoms with Crippen LogP contribution in [0.3, 0.4) is 0 Å². The molecule has 0 radical (unpaired) electrons. The van der Waals surface area contributed by atoms with Crippen LogP contribution in [0.1, 0.15) is 40.0 Å². The van der Waals surface area contributed by atoms with E-state index < -0.39 is 28.4 Å². The van der Waals surface area contributed by atoms with Crippen molar-refractivity contribution in [2.75, 3.05) is 24.5 Å². The Bertz CT molecular complexity index is 2110. The van der Waals surface area contributed by atoms with Crippen LogP contribution in [0.25, 0.3) is 21.8 Å². The van der Waals surface area contributed by atoms with Gasteiger partial charge in [0.15, 0.2) is 5.78 Å². The number of esters is 1. The molecule has 0 fully saturated rings. The Labute approximate surface area is 294 Å². The van der Waals surface area contributed by atoms with E-state index in [4.69, 9.17) is 11.1 Å². The second kappa shape index (κ2) is 15.4. The molecule has 14 heteroatoms. The number of pyridine rings is 1. The van der Waals surface area contributed by atoms with Crippen LogP contribution in [0.2, 0.25) is 0 Å². The van der Waals surface area contributed by atoms with E-state index in [1.165, 1.54) is 19.4 Å². The standard InChI is InChI=1S/C34H34N6O6S.HI/c1-21-32(28(41)15-10-22-8-11-24(12-9-22)34(35)36)26-19-25(13-14-27(26)39-21)40(20-30(42)37-18-16-31(43)46-2)47(44,45)29-7-3-5-23-6-4-17-38-33(23)29;/h3-9,11-14,17,19,39H,10,15-16,18,20H2,1-2H3,(H3,35,36)(H,37,42);1H. The minimum Gasteiger partial charge on any atom is -0.469 e. The number of para-hydroxylation sites is 1. The van der Waals surface area contributed by atoms with Gasteiger partial charge in [-0.05, 0) is 49.2 Å². The number of ether oxygens (including phenoxy) is 1. The van der Waals surface area contributed by atoms with E-state index in [9.17, 15) is 22.8 Å². The normalized spacial score (nSPS) is 11.1. The molecule has 0 unspecified atom stereocenters. The number of ketones is 1. The summed E-state index contributed by atoms with van der Waals surface area (Å²) in [4.78, 5) is 45.7. The molecular formula is C34H35IN6O6S. The summed E-state index contributed by atoms with van der Waals surface area (Å²) in [6.07, 6.45) is 2.05. The summed E-state index contributed by atoms with van der Waals surface area (Å²) in [6, 6.07) is 20.2. The van der Waals surface area contributed by atoms with Gasteiger partial charge < -0.3 is 20.8 Å². The monoisotopic (exact) mass is 782 g/mol. The summed E-state index contributed by atoms with van der Waals surface area (Å²) >= 11 is 0. The van der Waals surface area contributed by atoms with Crippen LogP contribution in [0.15, 0.2) is 83.9 Å². The van der Waals surface area contributed by atoms with Gasteiger partial charge in [-0.3, -0.25) is 29.1 Å². The number of aromatic amines is 1. The minimum atomic E-state index is -4.37. The van der Waals surface area contributed by atoms with Crippen LogP contribution in [-0.2, 0) is 30.8 Å². The zero-order valence-electron chi connectivity index (χ0n) is 26.3. The third-order valence-electron chi connectivity index (χ3n) is 7.77. The highest BCUT2D eigenvalue weighted by molar-refractivity contribution is 14.0. The molecule has 2 aromatic heterocycles. The highest BCUT2D eigenvalue weighted by atomic mass is 127. The van der Waals surface area contributed by atoms with Crippen LogP contribution in [0.5, 0.6) is 0 Å². The fourth-order valence-electron chi connectivity index (χ4n) is 5.37. The molecule has 2 heterocycles. The third kappa shape index (κ3) is 7.82. The first-order valence-corrected chi connectivity index (χ1v) is 16.2. The van der Waals surface area contributed by atoms with Gasteiger partial charge in [-0.25, -0.2) is 8.42 Å². The van der Waals surface area contributed by atoms with E-state index in [2.05, 4.69) is 20.0 Å². The number of H-pyrrole nitrogens is 1. The van der Waals surface area contributed by atoms with Crippen molar-refractivity contribution in [1.82, 2.24) is 15.3 Å². The number of nitrogens with one attached hydrogen (secondary N) is 3. The number of benzene rings is 3. The molecule has 0 saturated heterocycles. The quantitative estimate of drug-likeness (QED) is 0.0438. The Morgan fingerprint density at radius 1 is 1.02 bits per heavy atom. The average Bonchev–Trinajstić information content (AvgIpc) is 3.40. The molecular weight excluding hydrogens is 747 g/mol. The first-order valence-electron chi connectivity index (χ1n) is 14.8. The maximum absolute atomic E-state index is 14.3. The molecule has 3 aromatic carbocycles. The first kappa shape index (κ1) is 36.0. The SMILES string of the molecule is COC(=O)CCNC(=O)CN(c1ccc2[nH]c(C)c(C(=O)CCc3ccc(C(=N)N)cc3)c2c1)S(=O)(=O)c1cccc2cccnc12.I. The van der Waals surface area contributed by atoms with Crippen LogP contribution < -0.4 is 15.4 Å². The van der Waals surface area contributed by atoms with Gasteiger partial charge >= 0.3 is 5.97 Å². The number of rotatable bonds is 13. The number of hydrogen-bond donors (Lipinski definition) is 4. The van der Waals surface area contributed by atoms with Crippen molar-refractivity contribution in [2.45, 2.75) is 31.1 Å². The Hall–Kier alpha value is -4.83. The van der Waals surface area contributed by atoms with Crippen LogP contribution >= 0.6 is 24.0 Å². The summed E-state index contributed by atoms with van der Waals surface area (Å²) in [5.41, 5.74) is 9.14. The van der Waals surface area contributed by atoms with Crippen molar-refractivity contribution in [2.24, 2.45) is 5.73 Å². The predicted octanol–water partition coefficient (Wildman–Crippen LogP) is 4.62. The number of nitrogens with two attached hydrogens (primary N) is 1. The molecule has 0 atom stereocenters. The minimum absolute atomic E-state index is 0. The average molecular weight is 783 g/mol. The zero-order chi connectivity index (χ0) is 33.7. The summed E-state index contributed by atoms with van der Waals surface area (Å²) in [5, 5.41) is 11.3. The van der Waals surface area contributed by atoms with Gasteiger partial charge in [0, 0.05) is 52.3 Å². The fraction of sp³-hybridized carbons (Fsp3) is 0.206. The molecule has 250 valence electrons. The maximum atomic E-state index is 14.3. The molecule has 1 amide bonds. The number of aromatic nitrogens is 2. The highest BCUT2D eigenvalue weighted by Crippen LogP contribution is 2.32. The number of amides is 1. The van der Waals surface area contributed by atoms with E-state index in [1.807, 2.05) is 12.1 Å². The lowest BCUT2D eigenvalue weighted by molar-refractivity contribution is -0.140. The topological polar surface area (TPSA) is 188 Å². The van der Waals surface area contributed by atoms with Crippen molar-refractivity contribution in [3.63, 3.8) is 0 Å². The van der Waals surface area contributed by atoms with Crippen LogP contribution in [-0.4, -0.2) is 62.1 Å². The third-order valence-corrected chi connectivity index (χ3v) is 9.58. The van der Waals surface area contributed by atoms with Gasteiger partial charge in [0.25, 0.3) is 10.0 Å². The Morgan fingerprint density at radius 3 is 2.46 bits per heavy atom. The number of halogens is 1. The second-order valence-electron chi connectivity index (χ2n) is 10.9. The number of aryl methyl sites for hydroxylation is 2. The van der Waals surface area contributed by atoms with Gasteiger partial charge in [0.2, 0.25) is 5.91 Å². The Kier molecular flexibility index (Phi) is 11.5. The lowest BCUT2D eigenvalue weighted by atomic mass is 9.99. The van der Waals surface area contributed by atoms with Gasteiger partial charge in [0.05, 0.1) is 24.7 Å². The van der Waals surface area contributed by atoms with Crippen molar-refractivity contribution < 1.29 is 27.5 Å². The number of anilines is 1. The van der Waals surface area contributed by atoms with Crippen molar-refractivity contribution in [3.05, 3.63) is 101 Å². The number of nitrogen functional groups attached to an aromatic ring is 1. The Morgan fingerprint density at radius 2 is 1.75 bits per heavy atom. The molecule has 0 aliphatic rings. The number of carbonyl (C=O) groups excluding carboxylic acids is 3. The summed E-state index contributed by atoms with van der Waals surface area (Å²) in [5.74, 6) is -1.34. The number of hydrogen-bond acceptors (Lipinski definition) is 8. The number of nitrogens with zero attached hydrogens (tertiary/aromatic N) is 2. The van der Waals surface area contributed by atoms with E-state index in [1.54, 1.807) is 61.5 Å². The summed E-state index contributed by atoms with van der Waals surface area (Å²) in [6.45, 7) is 1.14. The van der Waals surface area contributed by atoms with E-state index in [-0.39, 0.29) is 71.1 Å². The van der Waals surface area contributed by atoms with Crippen molar-refractivity contribution >= 4 is 85.0 Å². The van der Waals surface area contributed by atoms with E-state index in [0.717, 1.165) is 9.87 Å². The van der Waals surface area contributed by atoms with E-state index >= 15 is 0 Å². The highest BCUT2D eigenvalue weighted by Gasteiger charge is 2.30. The lowest BCUT2D eigenvalue weighted by Gasteiger charge is -2.25. The van der Waals surface area contributed by atoms with Crippen LogP contribution in [0, 0.1) is 12.3 Å². The molecule has 5 aromatic rings. The number of amidine groups is 1. The molecule has 0 spiro atoms. The predicted molar refractivity (Wildman–Crippen MR) is 194 cm³/mol. The zero-order valence-corrected chi connectivity index (χ0v) is 29.4. The molecule has 12 nitrogen and oxygen atoms in total. The number of sulfonamides is 1. The molecule has 48 heavy (non-hydrogen) atoms. The fourth-order valence-corrected chi connectivity index (χ4v) is 6.95. The van der Waals surface area contributed by atoms with Gasteiger partial charge in [-0.2, -0.15) is 0 Å². The van der Waals surface area contributed by atoms with Crippen LogP contribution in [0.4, 0.5) is 5.69 Å². The largest absolute Gasteiger partial charge is 0.469 e. The van der Waals surface area contributed by atoms with E-state index in [0.29, 0.717) is 39.5 Å². The molecule has 5 rings (SSSR count). The summed E-state index contributed by atoms with van der Waals surface area (Å²) < 4.78 is 34.3. The molecule has 0 aliphatic carbocycles. The number of fused-ring (bicyclic) bond motifs is 2. The molecule has 0 bridgehead atoms. The van der Waals surface area contributed by atoms with Crippen molar-refractivity contribution in [1.29, 1.82) is 5.41 Å². The number of carbonyl (C=O) groups is 3. The first-order chi connectivity index (χ1) is 22.5. The van der Waals surface area contributed by atoms with Gasteiger partial charge in [-0.1, -0.05) is 42.5 Å². The molecule has 0 saturated carbocycles. The lowest BCUT2D eigenvalue weighted by Crippen LogP contribution is -2.41. The number of Topliss-reactive ketones (excluding diaryl/α,β-unsaturated/α-hetero) is 1. The summed E-state index contributed by atoms with van der Waals surface area (Å²) in [7, 11) is -3.14. The second-order valence-corrected chi connectivity index (χ2v) is 12.7. The van der Waals surface area contributed by atoms with Gasteiger partial charge in [-0.15, -0.1) is 24.0 Å². The van der Waals surface area contributed by atoms with Crippen molar-refractivity contribution in [3.8, 4) is 0 Å². The number of methoxy groups -OCH3 is 1. The smallest absolute Gasteiger partial charge is 0.307 e.